The average molecular weight is 441 g/mol. The van der Waals surface area contributed by atoms with E-state index in [4.69, 9.17) is 4.52 Å². The van der Waals surface area contributed by atoms with E-state index < -0.39 is 10.0 Å². The monoisotopic (exact) mass is 440 g/mol. The van der Waals surface area contributed by atoms with Crippen LogP contribution in [-0.4, -0.2) is 23.5 Å². The van der Waals surface area contributed by atoms with E-state index in [1.807, 2.05) is 24.3 Å². The van der Waals surface area contributed by atoms with E-state index in [0.717, 1.165) is 5.56 Å². The molecule has 7 nitrogen and oxygen atoms in total. The molecule has 0 amide bonds. The van der Waals surface area contributed by atoms with Gasteiger partial charge >= 0.3 is 0 Å². The van der Waals surface area contributed by atoms with Gasteiger partial charge in [0.25, 0.3) is 10.0 Å². The maximum atomic E-state index is 13.2. The normalized spacial score (nSPS) is 11.7. The van der Waals surface area contributed by atoms with E-state index in [1.54, 1.807) is 41.9 Å². The summed E-state index contributed by atoms with van der Waals surface area (Å²) < 4.78 is 33.0. The molecular formula is C21H20N4O3S2. The van der Waals surface area contributed by atoms with Crippen LogP contribution in [0, 0.1) is 0 Å². The van der Waals surface area contributed by atoms with Crippen molar-refractivity contribution in [3.8, 4) is 11.4 Å². The molecule has 4 rings (SSSR count). The van der Waals surface area contributed by atoms with Crippen LogP contribution >= 0.6 is 11.3 Å². The van der Waals surface area contributed by atoms with Gasteiger partial charge in [-0.1, -0.05) is 61.5 Å². The highest BCUT2D eigenvalue weighted by Crippen LogP contribution is 2.28. The summed E-state index contributed by atoms with van der Waals surface area (Å²) in [6, 6.07) is 16.1. The second-order valence-electron chi connectivity index (χ2n) is 6.93. The van der Waals surface area contributed by atoms with Crippen molar-refractivity contribution in [2.75, 3.05) is 4.31 Å². The van der Waals surface area contributed by atoms with Gasteiger partial charge in [0.1, 0.15) is 6.54 Å². The number of nitrogens with zero attached hydrogens (tertiary/aromatic N) is 4. The lowest BCUT2D eigenvalue weighted by molar-refractivity contribution is 0.380. The maximum absolute atomic E-state index is 13.2. The minimum absolute atomic E-state index is 0.109. The van der Waals surface area contributed by atoms with Crippen LogP contribution < -0.4 is 4.31 Å². The van der Waals surface area contributed by atoms with Gasteiger partial charge in [0.15, 0.2) is 5.13 Å². The molecule has 2 aromatic heterocycles. The fraction of sp³-hybridized carbons (Fsp3) is 0.190. The van der Waals surface area contributed by atoms with E-state index in [9.17, 15) is 8.42 Å². The second-order valence-corrected chi connectivity index (χ2v) is 9.66. The highest BCUT2D eigenvalue weighted by atomic mass is 32.2. The third-order valence-corrected chi connectivity index (χ3v) is 7.21. The lowest BCUT2D eigenvalue weighted by Crippen LogP contribution is -2.30. The summed E-state index contributed by atoms with van der Waals surface area (Å²) in [5, 5.41) is 6.08. The Labute approximate surface area is 179 Å². The van der Waals surface area contributed by atoms with Crippen LogP contribution in [0.4, 0.5) is 5.13 Å². The molecule has 0 aliphatic carbocycles. The zero-order valence-corrected chi connectivity index (χ0v) is 18.1. The predicted molar refractivity (Wildman–Crippen MR) is 116 cm³/mol. The number of sulfonamides is 1. The largest absolute Gasteiger partial charge is 0.337 e. The Bertz CT molecular complexity index is 1200. The van der Waals surface area contributed by atoms with Gasteiger partial charge in [-0.3, -0.25) is 0 Å². The van der Waals surface area contributed by atoms with Crippen LogP contribution in [0.1, 0.15) is 31.2 Å². The molecular weight excluding hydrogens is 420 g/mol. The molecule has 0 aliphatic heterocycles. The van der Waals surface area contributed by atoms with Crippen LogP contribution in [0.25, 0.3) is 11.4 Å². The predicted octanol–water partition coefficient (Wildman–Crippen LogP) is 4.71. The number of hydrogen-bond donors (Lipinski definition) is 0. The molecule has 0 saturated carbocycles. The van der Waals surface area contributed by atoms with Crippen molar-refractivity contribution in [2.45, 2.75) is 31.2 Å². The van der Waals surface area contributed by atoms with Crippen LogP contribution in [-0.2, 0) is 16.6 Å². The Morgan fingerprint density at radius 2 is 1.80 bits per heavy atom. The molecule has 4 aromatic rings. The van der Waals surface area contributed by atoms with Gasteiger partial charge in [-0.15, -0.1) is 11.3 Å². The number of thiazole rings is 1. The number of anilines is 1. The van der Waals surface area contributed by atoms with Gasteiger partial charge in [0, 0.05) is 17.1 Å². The lowest BCUT2D eigenvalue weighted by Gasteiger charge is -2.19. The minimum atomic E-state index is -3.84. The third-order valence-electron chi connectivity index (χ3n) is 4.55. The Kier molecular flexibility index (Phi) is 5.65. The van der Waals surface area contributed by atoms with Crippen molar-refractivity contribution in [2.24, 2.45) is 0 Å². The number of rotatable bonds is 7. The van der Waals surface area contributed by atoms with Crippen molar-refractivity contribution in [3.63, 3.8) is 0 Å². The number of benzene rings is 2. The first kappa shape index (κ1) is 20.2. The maximum Gasteiger partial charge on any atom is 0.266 e. The minimum Gasteiger partial charge on any atom is -0.337 e. The number of aromatic nitrogens is 3. The molecule has 0 N–H and O–H groups in total. The Hall–Kier alpha value is -3.04. The topological polar surface area (TPSA) is 89.2 Å². The van der Waals surface area contributed by atoms with Crippen LogP contribution in [0.3, 0.4) is 0 Å². The smallest absolute Gasteiger partial charge is 0.266 e. The Morgan fingerprint density at radius 1 is 1.07 bits per heavy atom. The Morgan fingerprint density at radius 3 is 2.43 bits per heavy atom. The summed E-state index contributed by atoms with van der Waals surface area (Å²) in [6.07, 6.45) is 1.56. The Balaban J connectivity index is 1.64. The molecule has 0 saturated heterocycles. The first-order valence-electron chi connectivity index (χ1n) is 9.35. The first-order chi connectivity index (χ1) is 14.4. The van der Waals surface area contributed by atoms with Gasteiger partial charge in [-0.2, -0.15) is 4.98 Å². The molecule has 0 unspecified atom stereocenters. The van der Waals surface area contributed by atoms with E-state index in [-0.39, 0.29) is 17.3 Å². The molecule has 2 heterocycles. The molecule has 2 aromatic carbocycles. The molecule has 0 fully saturated rings. The van der Waals surface area contributed by atoms with Gasteiger partial charge in [-0.05, 0) is 23.6 Å². The van der Waals surface area contributed by atoms with Crippen LogP contribution in [0.15, 0.2) is 75.6 Å². The third kappa shape index (κ3) is 4.12. The van der Waals surface area contributed by atoms with Crippen LogP contribution in [0.5, 0.6) is 0 Å². The molecule has 0 bridgehead atoms. The highest BCUT2D eigenvalue weighted by molar-refractivity contribution is 7.93. The van der Waals surface area contributed by atoms with Crippen molar-refractivity contribution in [1.29, 1.82) is 0 Å². The molecule has 9 heteroatoms. The standard InChI is InChI=1S/C21H20N4O3S2/c1-15(2)16-8-10-17(11-9-16)20-23-19(28-24-20)14-25(21-22-12-13-29-21)30(26,27)18-6-4-3-5-7-18/h3-13,15H,14H2,1-2H3. The van der Waals surface area contributed by atoms with Crippen molar-refractivity contribution < 1.29 is 12.9 Å². The number of hydrogen-bond acceptors (Lipinski definition) is 7. The molecule has 0 atom stereocenters. The average Bonchev–Trinajstić information content (AvgIpc) is 3.45. The van der Waals surface area contributed by atoms with E-state index in [1.165, 1.54) is 21.2 Å². The molecule has 0 radical (unpaired) electrons. The van der Waals surface area contributed by atoms with Crippen molar-refractivity contribution >= 4 is 26.5 Å². The zero-order chi connectivity index (χ0) is 21.1. The SMILES string of the molecule is CC(C)c1ccc(-c2noc(CN(c3nccs3)S(=O)(=O)c3ccccc3)n2)cc1. The first-order valence-corrected chi connectivity index (χ1v) is 11.7. The molecule has 0 aliphatic rings. The zero-order valence-electron chi connectivity index (χ0n) is 16.5. The van der Waals surface area contributed by atoms with Crippen molar-refractivity contribution in [1.82, 2.24) is 15.1 Å². The molecule has 0 spiro atoms. The summed E-state index contributed by atoms with van der Waals surface area (Å²) in [6.45, 7) is 4.14. The summed E-state index contributed by atoms with van der Waals surface area (Å²) in [7, 11) is -3.84. The molecule has 154 valence electrons. The fourth-order valence-electron chi connectivity index (χ4n) is 2.89. The van der Waals surface area contributed by atoms with Gasteiger partial charge in [-0.25, -0.2) is 17.7 Å². The quantitative estimate of drug-likeness (QED) is 0.413. The van der Waals surface area contributed by atoms with Gasteiger partial charge < -0.3 is 4.52 Å². The van der Waals surface area contributed by atoms with E-state index in [0.29, 0.717) is 16.9 Å². The van der Waals surface area contributed by atoms with E-state index in [2.05, 4.69) is 29.0 Å². The van der Waals surface area contributed by atoms with Crippen molar-refractivity contribution in [3.05, 3.63) is 77.6 Å². The second kappa shape index (κ2) is 8.37. The van der Waals surface area contributed by atoms with E-state index >= 15 is 0 Å². The highest BCUT2D eigenvalue weighted by Gasteiger charge is 2.29. The van der Waals surface area contributed by atoms with Crippen LogP contribution in [0.2, 0.25) is 0 Å². The van der Waals surface area contributed by atoms with Gasteiger partial charge in [0.2, 0.25) is 11.7 Å². The summed E-state index contributed by atoms with van der Waals surface area (Å²) in [5.74, 6) is 1.03. The summed E-state index contributed by atoms with van der Waals surface area (Å²) in [5.41, 5.74) is 2.02. The fourth-order valence-corrected chi connectivity index (χ4v) is 5.15. The van der Waals surface area contributed by atoms with Gasteiger partial charge in [0.05, 0.1) is 4.90 Å². The lowest BCUT2D eigenvalue weighted by atomic mass is 10.0. The summed E-state index contributed by atoms with van der Waals surface area (Å²) >= 11 is 1.23. The molecule has 30 heavy (non-hydrogen) atoms. The summed E-state index contributed by atoms with van der Waals surface area (Å²) in [4.78, 5) is 8.75.